The van der Waals surface area contributed by atoms with Crippen LogP contribution in [0.1, 0.15) is 129 Å². The van der Waals surface area contributed by atoms with Gasteiger partial charge in [-0.15, -0.1) is 18.3 Å². The molecular weight excluding hydrogens is 899 g/mol. The normalized spacial score (nSPS) is 13.3. The van der Waals surface area contributed by atoms with E-state index >= 15 is 0 Å². The molecule has 0 N–H and O–H groups in total. The van der Waals surface area contributed by atoms with E-state index in [1.54, 1.807) is 25.9 Å². The molecule has 0 amide bonds. The molecule has 72 heavy (non-hydrogen) atoms. The highest BCUT2D eigenvalue weighted by molar-refractivity contribution is 8.00. The third-order valence-corrected chi connectivity index (χ3v) is 13.6. The van der Waals surface area contributed by atoms with Gasteiger partial charge in [0.15, 0.2) is 0 Å². The molecule has 0 bridgehead atoms. The second-order valence-electron chi connectivity index (χ2n) is 19.5. The van der Waals surface area contributed by atoms with Crippen molar-refractivity contribution in [3.05, 3.63) is 204 Å². The van der Waals surface area contributed by atoms with Crippen molar-refractivity contribution in [2.24, 2.45) is 10.9 Å². The van der Waals surface area contributed by atoms with Gasteiger partial charge in [-0.1, -0.05) is 162 Å². The number of para-hydroxylation sites is 1. The minimum absolute atomic E-state index is 0.0417. The topological polar surface area (TPSA) is 44.0 Å². The highest BCUT2D eigenvalue weighted by Gasteiger charge is 2.21. The minimum Gasteiger partial charge on any atom is -0.456 e. The Balaban J connectivity index is 0.000000337. The summed E-state index contributed by atoms with van der Waals surface area (Å²) in [6.07, 6.45) is 9.45. The summed E-state index contributed by atoms with van der Waals surface area (Å²) in [7, 11) is 3.46. The highest BCUT2D eigenvalue weighted by Crippen LogP contribution is 2.39. The number of aliphatic imine (C=N–C) groups is 1. The number of thioether (sulfide) groups is 1. The molecule has 7 aromatic rings. The minimum atomic E-state index is 0.0417. The lowest BCUT2D eigenvalue weighted by Crippen LogP contribution is -2.29. The number of hydrogen-bond acceptors (Lipinski definition) is 5. The van der Waals surface area contributed by atoms with Gasteiger partial charge in [0.1, 0.15) is 11.2 Å². The van der Waals surface area contributed by atoms with E-state index < -0.39 is 0 Å². The quantitative estimate of drug-likeness (QED) is 0.107. The van der Waals surface area contributed by atoms with Crippen LogP contribution in [0.2, 0.25) is 0 Å². The summed E-state index contributed by atoms with van der Waals surface area (Å²) in [5, 5.41) is 2.93. The fourth-order valence-corrected chi connectivity index (χ4v) is 8.35. The first-order chi connectivity index (χ1) is 34.2. The van der Waals surface area contributed by atoms with Crippen LogP contribution in [-0.2, 0) is 15.9 Å². The zero-order valence-electron chi connectivity index (χ0n) is 46.9. The number of benzene rings is 6. The number of nitrogens with zero attached hydrogens (tertiary/aromatic N) is 1. The highest BCUT2D eigenvalue weighted by atomic mass is 32.2. The lowest BCUT2D eigenvalue weighted by atomic mass is 9.95. The lowest BCUT2D eigenvalue weighted by molar-refractivity contribution is -0.0157. The van der Waals surface area contributed by atoms with Crippen molar-refractivity contribution in [2.75, 3.05) is 14.2 Å². The standard InChI is InChI=1S/C37H29NO.C13H16S.C7H16O.C5H12O.C3H6.C2H6/c1-25-16-18-28(19-17-25)26(2)22-35(32-20-21-37-34(24-32)33-14-7-8-15-36(33)39-37)38-27(3)30-12-9-13-31(23-30)29-10-5-4-6-11-29;1-4-5-11-6-7-13-12(10(11)3)8-9(2)14-13;1-6(2)7(3,4)8-5;1-5(2,3)6-4;1-3-2;1-2/h4-24H,3H2,1-2H3;4-7,9H,8H2,1-3H3;6H,1-5H3;1-4H3;3H,1H2,2H3;1-2H3/b26-22+,38-35?;5-4-;;;;. The van der Waals surface area contributed by atoms with E-state index in [1.165, 1.54) is 39.1 Å². The Hall–Kier alpha value is -5.98. The van der Waals surface area contributed by atoms with Crippen LogP contribution >= 0.6 is 11.8 Å². The first-order valence-corrected chi connectivity index (χ1v) is 26.3. The van der Waals surface area contributed by atoms with E-state index in [0.717, 1.165) is 55.2 Å². The largest absolute Gasteiger partial charge is 0.456 e. The van der Waals surface area contributed by atoms with E-state index in [-0.39, 0.29) is 11.2 Å². The van der Waals surface area contributed by atoms with Crippen molar-refractivity contribution < 1.29 is 13.9 Å². The molecule has 0 fully saturated rings. The molecule has 0 radical (unpaired) electrons. The molecule has 1 aromatic heterocycles. The first-order valence-electron chi connectivity index (χ1n) is 25.4. The summed E-state index contributed by atoms with van der Waals surface area (Å²) in [4.78, 5) is 6.61. The van der Waals surface area contributed by atoms with Crippen molar-refractivity contribution in [3.8, 4) is 11.1 Å². The SMILES string of the molecule is C/C=C\c1ccc2c(c1C)CC(C)S2.C=C(N=C(/C=C(\C)c1ccc(C)cc1)c1ccc2oc3ccccc3c2c1)c1cccc(-c2ccccc2)c1.C=CC.CC.COC(C)(C)C.COC(C)(C)C(C)C. The molecule has 2 heterocycles. The number of rotatable bonds is 9. The molecular formula is C67H85NO3S. The molecule has 4 nitrogen and oxygen atoms in total. The molecule has 382 valence electrons. The van der Waals surface area contributed by atoms with Gasteiger partial charge in [0, 0.05) is 46.3 Å². The van der Waals surface area contributed by atoms with Crippen molar-refractivity contribution >= 4 is 56.8 Å². The van der Waals surface area contributed by atoms with Gasteiger partial charge >= 0.3 is 0 Å². The Morgan fingerprint density at radius 3 is 1.89 bits per heavy atom. The maximum atomic E-state index is 6.08. The van der Waals surface area contributed by atoms with Crippen LogP contribution in [0.4, 0.5) is 0 Å². The summed E-state index contributed by atoms with van der Waals surface area (Å²) >= 11 is 2.01. The van der Waals surface area contributed by atoms with Crippen LogP contribution in [-0.4, -0.2) is 36.4 Å². The van der Waals surface area contributed by atoms with Gasteiger partial charge < -0.3 is 13.9 Å². The van der Waals surface area contributed by atoms with Gasteiger partial charge in [0.05, 0.1) is 22.6 Å². The molecule has 0 spiro atoms. The van der Waals surface area contributed by atoms with E-state index in [4.69, 9.17) is 18.9 Å². The second-order valence-corrected chi connectivity index (χ2v) is 20.9. The number of furan rings is 1. The Bertz CT molecular complexity index is 2870. The number of methoxy groups -OCH3 is 2. The summed E-state index contributed by atoms with van der Waals surface area (Å²) < 4.78 is 16.2. The third kappa shape index (κ3) is 18.3. The third-order valence-electron chi connectivity index (χ3n) is 12.4. The van der Waals surface area contributed by atoms with Crippen molar-refractivity contribution in [1.29, 1.82) is 0 Å². The van der Waals surface area contributed by atoms with Crippen molar-refractivity contribution in [1.82, 2.24) is 0 Å². The molecule has 1 unspecified atom stereocenters. The van der Waals surface area contributed by atoms with E-state index in [9.17, 15) is 0 Å². The average molecular weight is 984 g/mol. The van der Waals surface area contributed by atoms with Gasteiger partial charge in [-0.2, -0.15) is 0 Å². The average Bonchev–Trinajstić information content (AvgIpc) is 3.96. The fraction of sp³-hybridized carbons (Fsp3) is 0.328. The lowest BCUT2D eigenvalue weighted by Gasteiger charge is -2.26. The van der Waals surface area contributed by atoms with Crippen LogP contribution in [0, 0.1) is 19.8 Å². The summed E-state index contributed by atoms with van der Waals surface area (Å²) in [5.41, 5.74) is 15.7. The van der Waals surface area contributed by atoms with Crippen LogP contribution in [0.15, 0.2) is 179 Å². The fourth-order valence-electron chi connectivity index (χ4n) is 7.15. The zero-order chi connectivity index (χ0) is 53.6. The van der Waals surface area contributed by atoms with E-state index in [0.29, 0.717) is 11.6 Å². The van der Waals surface area contributed by atoms with Crippen LogP contribution < -0.4 is 0 Å². The Labute approximate surface area is 440 Å². The van der Waals surface area contributed by atoms with Gasteiger partial charge in [0.2, 0.25) is 0 Å². The van der Waals surface area contributed by atoms with Crippen molar-refractivity contribution in [2.45, 2.75) is 132 Å². The second kappa shape index (κ2) is 29.5. The molecule has 6 aromatic carbocycles. The van der Waals surface area contributed by atoms with Gasteiger partial charge in [-0.05, 0) is 163 Å². The molecule has 0 aliphatic carbocycles. The monoisotopic (exact) mass is 984 g/mol. The Morgan fingerprint density at radius 2 is 1.31 bits per heavy atom. The van der Waals surface area contributed by atoms with E-state index in [1.807, 2.05) is 83.6 Å². The van der Waals surface area contributed by atoms with E-state index in [2.05, 4.69) is 197 Å². The molecule has 0 saturated heterocycles. The number of fused-ring (bicyclic) bond motifs is 4. The van der Waals surface area contributed by atoms with Gasteiger partial charge in [-0.3, -0.25) is 0 Å². The number of ether oxygens (including phenoxy) is 2. The molecule has 1 aliphatic heterocycles. The smallest absolute Gasteiger partial charge is 0.135 e. The predicted molar refractivity (Wildman–Crippen MR) is 321 cm³/mol. The molecule has 1 atom stereocenters. The maximum absolute atomic E-state index is 6.08. The first kappa shape index (κ1) is 60.3. The molecule has 0 saturated carbocycles. The van der Waals surface area contributed by atoms with Crippen LogP contribution in [0.25, 0.3) is 50.4 Å². The van der Waals surface area contributed by atoms with Gasteiger partial charge in [0.25, 0.3) is 0 Å². The van der Waals surface area contributed by atoms with Crippen LogP contribution in [0.3, 0.4) is 0 Å². The Kier molecular flexibility index (Phi) is 24.7. The Morgan fingerprint density at radius 1 is 0.722 bits per heavy atom. The number of allylic oxidation sites excluding steroid dienone is 4. The summed E-state index contributed by atoms with van der Waals surface area (Å²) in [5.74, 6) is 0.590. The number of hydrogen-bond donors (Lipinski definition) is 0. The summed E-state index contributed by atoms with van der Waals surface area (Å²) in [6.45, 7) is 39.1. The molecule has 1 aliphatic rings. The predicted octanol–water partition coefficient (Wildman–Crippen LogP) is 19.9. The molecule has 8 rings (SSSR count). The zero-order valence-corrected chi connectivity index (χ0v) is 47.7. The summed E-state index contributed by atoms with van der Waals surface area (Å²) in [6, 6.07) is 46.3. The van der Waals surface area contributed by atoms with Gasteiger partial charge in [-0.25, -0.2) is 4.99 Å². The molecule has 5 heteroatoms. The van der Waals surface area contributed by atoms with Crippen molar-refractivity contribution in [3.63, 3.8) is 0 Å². The number of aryl methyl sites for hydroxylation is 1. The van der Waals surface area contributed by atoms with Crippen LogP contribution in [0.5, 0.6) is 0 Å². The maximum Gasteiger partial charge on any atom is 0.135 e.